The predicted molar refractivity (Wildman–Crippen MR) is 75.4 cm³/mol. The van der Waals surface area contributed by atoms with Crippen LogP contribution in [0.2, 0.25) is 0 Å². The summed E-state index contributed by atoms with van der Waals surface area (Å²) in [7, 11) is 0. The molecule has 0 saturated heterocycles. The Morgan fingerprint density at radius 2 is 1.95 bits per heavy atom. The van der Waals surface area contributed by atoms with E-state index in [1.807, 2.05) is 4.90 Å². The molecule has 0 spiro atoms. The molecular formula is C16H22N2O. The molecule has 1 atom stereocenters. The highest BCUT2D eigenvalue weighted by Crippen LogP contribution is 2.30. The van der Waals surface area contributed by atoms with Gasteiger partial charge in [-0.3, -0.25) is 4.79 Å². The van der Waals surface area contributed by atoms with Gasteiger partial charge in [0, 0.05) is 13.1 Å². The van der Waals surface area contributed by atoms with Gasteiger partial charge in [0.1, 0.15) is 0 Å². The van der Waals surface area contributed by atoms with E-state index in [1.165, 1.54) is 29.5 Å². The van der Waals surface area contributed by atoms with Crippen LogP contribution in [-0.4, -0.2) is 16.8 Å². The van der Waals surface area contributed by atoms with Crippen LogP contribution >= 0.6 is 0 Å². The molecule has 0 bridgehead atoms. The molecule has 0 radical (unpaired) electrons. The van der Waals surface area contributed by atoms with Crippen molar-refractivity contribution in [3.05, 3.63) is 34.9 Å². The molecular weight excluding hydrogens is 236 g/mol. The van der Waals surface area contributed by atoms with Gasteiger partial charge >= 0.3 is 0 Å². The minimum atomic E-state index is -0.294. The molecule has 2 aliphatic rings. The average molecular weight is 258 g/mol. The van der Waals surface area contributed by atoms with Crippen LogP contribution in [0.5, 0.6) is 0 Å². The van der Waals surface area contributed by atoms with Crippen LogP contribution in [0.3, 0.4) is 0 Å². The maximum absolute atomic E-state index is 12.5. The minimum absolute atomic E-state index is 0.140. The first-order valence-electron chi connectivity index (χ1n) is 7.28. The largest absolute Gasteiger partial charge is 0.333 e. The zero-order valence-corrected chi connectivity index (χ0v) is 11.6. The molecule has 3 rings (SSSR count). The minimum Gasteiger partial charge on any atom is -0.333 e. The summed E-state index contributed by atoms with van der Waals surface area (Å²) in [4.78, 5) is 14.4. The molecule has 1 saturated carbocycles. The van der Waals surface area contributed by atoms with Crippen LogP contribution < -0.4 is 5.73 Å². The van der Waals surface area contributed by atoms with Crippen molar-refractivity contribution >= 4 is 5.91 Å². The van der Waals surface area contributed by atoms with Gasteiger partial charge in [-0.25, -0.2) is 0 Å². The standard InChI is InChI=1S/C16H22N2O/c1-11-6-7-13-9-18(10-14(13)8-11)16(19)15(17)12-4-2-3-5-12/h6-8,12,15H,2-5,9-10,17H2,1H3/t15-/m0/s1. The van der Waals surface area contributed by atoms with Crippen molar-refractivity contribution in [2.45, 2.75) is 51.7 Å². The van der Waals surface area contributed by atoms with Crippen molar-refractivity contribution in [3.8, 4) is 0 Å². The molecule has 3 nitrogen and oxygen atoms in total. The Hall–Kier alpha value is -1.35. The second-order valence-electron chi connectivity index (χ2n) is 6.04. The highest BCUT2D eigenvalue weighted by Gasteiger charge is 2.32. The molecule has 0 aromatic heterocycles. The van der Waals surface area contributed by atoms with Gasteiger partial charge in [-0.05, 0) is 36.8 Å². The van der Waals surface area contributed by atoms with E-state index in [-0.39, 0.29) is 11.9 Å². The molecule has 19 heavy (non-hydrogen) atoms. The van der Waals surface area contributed by atoms with Crippen LogP contribution in [0.25, 0.3) is 0 Å². The van der Waals surface area contributed by atoms with Crippen LogP contribution in [0.4, 0.5) is 0 Å². The van der Waals surface area contributed by atoms with Crippen molar-refractivity contribution in [2.24, 2.45) is 11.7 Å². The van der Waals surface area contributed by atoms with Crippen molar-refractivity contribution in [1.29, 1.82) is 0 Å². The van der Waals surface area contributed by atoms with E-state index < -0.39 is 0 Å². The van der Waals surface area contributed by atoms with E-state index in [0.29, 0.717) is 5.92 Å². The van der Waals surface area contributed by atoms with E-state index >= 15 is 0 Å². The fourth-order valence-corrected chi connectivity index (χ4v) is 3.41. The molecule has 102 valence electrons. The molecule has 1 aliphatic heterocycles. The number of rotatable bonds is 2. The third-order valence-electron chi connectivity index (χ3n) is 4.59. The number of hydrogen-bond acceptors (Lipinski definition) is 2. The summed E-state index contributed by atoms with van der Waals surface area (Å²) in [6, 6.07) is 6.14. The fourth-order valence-electron chi connectivity index (χ4n) is 3.41. The van der Waals surface area contributed by atoms with Gasteiger partial charge in [0.25, 0.3) is 0 Å². The molecule has 1 aliphatic carbocycles. The second kappa shape index (κ2) is 4.97. The SMILES string of the molecule is Cc1ccc2c(c1)CN(C(=O)[C@@H](N)C1CCCC1)C2. The van der Waals surface area contributed by atoms with E-state index in [1.54, 1.807) is 0 Å². The van der Waals surface area contributed by atoms with Crippen molar-refractivity contribution in [2.75, 3.05) is 0 Å². The number of hydrogen-bond donors (Lipinski definition) is 1. The summed E-state index contributed by atoms with van der Waals surface area (Å²) < 4.78 is 0. The Balaban J connectivity index is 1.70. The summed E-state index contributed by atoms with van der Waals surface area (Å²) in [5.74, 6) is 0.540. The number of fused-ring (bicyclic) bond motifs is 1. The van der Waals surface area contributed by atoms with Crippen molar-refractivity contribution in [1.82, 2.24) is 4.90 Å². The Kier molecular flexibility index (Phi) is 3.31. The number of amides is 1. The number of carbonyl (C=O) groups is 1. The first kappa shape index (κ1) is 12.7. The summed E-state index contributed by atoms with van der Waals surface area (Å²) in [5, 5.41) is 0. The molecule has 3 heteroatoms. The van der Waals surface area contributed by atoms with Gasteiger partial charge < -0.3 is 10.6 Å². The maximum atomic E-state index is 12.5. The average Bonchev–Trinajstić information content (AvgIpc) is 3.05. The first-order valence-corrected chi connectivity index (χ1v) is 7.28. The molecule has 0 unspecified atom stereocenters. The summed E-state index contributed by atoms with van der Waals surface area (Å²) in [6.45, 7) is 3.56. The Labute approximate surface area is 114 Å². The Morgan fingerprint density at radius 3 is 2.68 bits per heavy atom. The molecule has 1 amide bonds. The van der Waals surface area contributed by atoms with Crippen LogP contribution in [-0.2, 0) is 17.9 Å². The highest BCUT2D eigenvalue weighted by atomic mass is 16.2. The van der Waals surface area contributed by atoms with Gasteiger partial charge in [-0.1, -0.05) is 36.6 Å². The van der Waals surface area contributed by atoms with Gasteiger partial charge in [0.05, 0.1) is 6.04 Å². The van der Waals surface area contributed by atoms with Crippen LogP contribution in [0, 0.1) is 12.8 Å². The third kappa shape index (κ3) is 2.39. The lowest BCUT2D eigenvalue weighted by molar-refractivity contribution is -0.134. The lowest BCUT2D eigenvalue weighted by Gasteiger charge is -2.24. The number of aryl methyl sites for hydroxylation is 1. The van der Waals surface area contributed by atoms with Crippen molar-refractivity contribution < 1.29 is 4.79 Å². The first-order chi connectivity index (χ1) is 9.15. The Morgan fingerprint density at radius 1 is 1.26 bits per heavy atom. The lowest BCUT2D eigenvalue weighted by Crippen LogP contribution is -2.45. The molecule has 2 N–H and O–H groups in total. The molecule has 1 heterocycles. The monoisotopic (exact) mass is 258 g/mol. The summed E-state index contributed by atoms with van der Waals surface area (Å²) in [5.41, 5.74) is 9.99. The topological polar surface area (TPSA) is 46.3 Å². The zero-order chi connectivity index (χ0) is 13.4. The quantitative estimate of drug-likeness (QED) is 0.885. The second-order valence-corrected chi connectivity index (χ2v) is 6.04. The lowest BCUT2D eigenvalue weighted by atomic mass is 9.98. The van der Waals surface area contributed by atoms with Gasteiger partial charge in [0.2, 0.25) is 5.91 Å². The number of benzene rings is 1. The highest BCUT2D eigenvalue weighted by molar-refractivity contribution is 5.82. The zero-order valence-electron chi connectivity index (χ0n) is 11.6. The Bertz CT molecular complexity index is 492. The number of carbonyl (C=O) groups excluding carboxylic acids is 1. The van der Waals surface area contributed by atoms with Gasteiger partial charge in [-0.15, -0.1) is 0 Å². The predicted octanol–water partition coefficient (Wildman–Crippen LogP) is 2.35. The molecule has 1 aromatic rings. The third-order valence-corrected chi connectivity index (χ3v) is 4.59. The number of nitrogens with zero attached hydrogens (tertiary/aromatic N) is 1. The summed E-state index contributed by atoms with van der Waals surface area (Å²) >= 11 is 0. The van der Waals surface area contributed by atoms with Crippen LogP contribution in [0.1, 0.15) is 42.4 Å². The van der Waals surface area contributed by atoms with E-state index in [2.05, 4.69) is 25.1 Å². The van der Waals surface area contributed by atoms with Gasteiger partial charge in [-0.2, -0.15) is 0 Å². The van der Waals surface area contributed by atoms with E-state index in [0.717, 1.165) is 25.9 Å². The van der Waals surface area contributed by atoms with Crippen molar-refractivity contribution in [3.63, 3.8) is 0 Å². The fraction of sp³-hybridized carbons (Fsp3) is 0.562. The van der Waals surface area contributed by atoms with Crippen LogP contribution in [0.15, 0.2) is 18.2 Å². The normalized spacial score (nSPS) is 20.6. The number of nitrogens with two attached hydrogens (primary N) is 1. The van der Waals surface area contributed by atoms with E-state index in [9.17, 15) is 4.79 Å². The van der Waals surface area contributed by atoms with Gasteiger partial charge in [0.15, 0.2) is 0 Å². The maximum Gasteiger partial charge on any atom is 0.240 e. The van der Waals surface area contributed by atoms with E-state index in [4.69, 9.17) is 5.73 Å². The molecule has 1 aromatic carbocycles. The molecule has 1 fully saturated rings. The summed E-state index contributed by atoms with van der Waals surface area (Å²) in [6.07, 6.45) is 4.69. The smallest absolute Gasteiger partial charge is 0.240 e.